The Balaban J connectivity index is 2.18. The SMILES string of the molecule is O=C(c1csc2c1CCCC2)N(CCO)CC(F)F. The van der Waals surface area contributed by atoms with Crippen LogP contribution in [0, 0.1) is 0 Å². The molecule has 0 unspecified atom stereocenters. The maximum Gasteiger partial charge on any atom is 0.255 e. The van der Waals surface area contributed by atoms with Crippen LogP contribution in [0.2, 0.25) is 0 Å². The number of nitrogens with zero attached hydrogens (tertiary/aromatic N) is 1. The largest absolute Gasteiger partial charge is 0.395 e. The van der Waals surface area contributed by atoms with Crippen molar-refractivity contribution in [1.82, 2.24) is 4.90 Å². The molecule has 0 saturated heterocycles. The van der Waals surface area contributed by atoms with Gasteiger partial charge in [-0.2, -0.15) is 0 Å². The fraction of sp³-hybridized carbons (Fsp3) is 0.615. The molecule has 0 atom stereocenters. The number of fused-ring (bicyclic) bond motifs is 1. The predicted molar refractivity (Wildman–Crippen MR) is 70.0 cm³/mol. The van der Waals surface area contributed by atoms with Gasteiger partial charge in [0.15, 0.2) is 0 Å². The van der Waals surface area contributed by atoms with E-state index >= 15 is 0 Å². The standard InChI is InChI=1S/C13H17F2NO2S/c14-12(15)7-16(5-6-17)13(18)10-8-19-11-4-2-1-3-9(10)11/h8,12,17H,1-7H2. The maximum absolute atomic E-state index is 12.5. The number of aliphatic hydroxyl groups is 1. The summed E-state index contributed by atoms with van der Waals surface area (Å²) in [6.45, 7) is -0.970. The van der Waals surface area contributed by atoms with E-state index in [2.05, 4.69) is 0 Å². The van der Waals surface area contributed by atoms with Crippen LogP contribution in [-0.4, -0.2) is 42.0 Å². The topological polar surface area (TPSA) is 40.5 Å². The van der Waals surface area contributed by atoms with E-state index in [-0.39, 0.29) is 19.1 Å². The van der Waals surface area contributed by atoms with E-state index < -0.39 is 13.0 Å². The van der Waals surface area contributed by atoms with Crippen molar-refractivity contribution < 1.29 is 18.7 Å². The van der Waals surface area contributed by atoms with Crippen LogP contribution in [0.1, 0.15) is 33.6 Å². The van der Waals surface area contributed by atoms with Crippen molar-refractivity contribution in [1.29, 1.82) is 0 Å². The molecule has 1 amide bonds. The van der Waals surface area contributed by atoms with Gasteiger partial charge in [-0.25, -0.2) is 8.78 Å². The number of carbonyl (C=O) groups is 1. The van der Waals surface area contributed by atoms with Crippen molar-refractivity contribution in [3.05, 3.63) is 21.4 Å². The number of hydrogen-bond donors (Lipinski definition) is 1. The molecule has 0 aromatic carbocycles. The van der Waals surface area contributed by atoms with Crippen LogP contribution in [-0.2, 0) is 12.8 Å². The average molecular weight is 289 g/mol. The zero-order valence-electron chi connectivity index (χ0n) is 10.6. The number of aliphatic hydroxyl groups excluding tert-OH is 1. The monoisotopic (exact) mass is 289 g/mol. The number of carbonyl (C=O) groups excluding carboxylic acids is 1. The van der Waals surface area contributed by atoms with Crippen LogP contribution in [0.5, 0.6) is 0 Å². The quantitative estimate of drug-likeness (QED) is 0.904. The zero-order valence-corrected chi connectivity index (χ0v) is 11.4. The normalized spacial score (nSPS) is 14.5. The first-order valence-corrected chi connectivity index (χ1v) is 7.29. The van der Waals surface area contributed by atoms with Crippen molar-refractivity contribution >= 4 is 17.2 Å². The molecule has 0 aliphatic heterocycles. The van der Waals surface area contributed by atoms with Crippen LogP contribution >= 0.6 is 11.3 Å². The summed E-state index contributed by atoms with van der Waals surface area (Å²) in [6, 6.07) is 0. The molecule has 0 bridgehead atoms. The first-order chi connectivity index (χ1) is 9.13. The van der Waals surface area contributed by atoms with E-state index in [1.54, 1.807) is 5.38 Å². The van der Waals surface area contributed by atoms with Crippen molar-refractivity contribution in [3.8, 4) is 0 Å². The van der Waals surface area contributed by atoms with E-state index in [9.17, 15) is 13.6 Å². The molecule has 0 fully saturated rings. The van der Waals surface area contributed by atoms with Gasteiger partial charge >= 0.3 is 0 Å². The van der Waals surface area contributed by atoms with Gasteiger partial charge in [-0.05, 0) is 31.2 Å². The van der Waals surface area contributed by atoms with Gasteiger partial charge in [-0.3, -0.25) is 4.79 Å². The summed E-state index contributed by atoms with van der Waals surface area (Å²) in [4.78, 5) is 14.5. The molecule has 0 saturated carbocycles. The summed E-state index contributed by atoms with van der Waals surface area (Å²) >= 11 is 1.54. The van der Waals surface area contributed by atoms with Crippen molar-refractivity contribution in [2.24, 2.45) is 0 Å². The Morgan fingerprint density at radius 3 is 2.84 bits per heavy atom. The van der Waals surface area contributed by atoms with E-state index in [1.807, 2.05) is 0 Å². The predicted octanol–water partition coefficient (Wildman–Crippen LogP) is 2.33. The lowest BCUT2D eigenvalue weighted by Crippen LogP contribution is -2.37. The molecule has 1 heterocycles. The first-order valence-electron chi connectivity index (χ1n) is 6.41. The molecule has 6 heteroatoms. The van der Waals surface area contributed by atoms with Gasteiger partial charge < -0.3 is 10.0 Å². The highest BCUT2D eigenvalue weighted by Gasteiger charge is 2.25. The minimum atomic E-state index is -2.58. The smallest absolute Gasteiger partial charge is 0.255 e. The second-order valence-corrected chi connectivity index (χ2v) is 5.59. The van der Waals surface area contributed by atoms with Gasteiger partial charge in [0.2, 0.25) is 0 Å². The molecular weight excluding hydrogens is 272 g/mol. The van der Waals surface area contributed by atoms with Crippen LogP contribution in [0.3, 0.4) is 0 Å². The van der Waals surface area contributed by atoms with E-state index in [0.29, 0.717) is 5.56 Å². The Labute approximate surface area is 114 Å². The molecule has 1 aliphatic carbocycles. The summed E-state index contributed by atoms with van der Waals surface area (Å²) in [5.74, 6) is -0.381. The average Bonchev–Trinajstić information content (AvgIpc) is 2.80. The number of rotatable bonds is 5. The van der Waals surface area contributed by atoms with Crippen LogP contribution in [0.4, 0.5) is 8.78 Å². The number of aryl methyl sites for hydroxylation is 1. The Kier molecular flexibility index (Phi) is 4.87. The van der Waals surface area contributed by atoms with Gasteiger partial charge in [-0.1, -0.05) is 0 Å². The second kappa shape index (κ2) is 6.43. The maximum atomic E-state index is 12.5. The Bertz CT molecular complexity index is 448. The molecule has 3 nitrogen and oxygen atoms in total. The highest BCUT2D eigenvalue weighted by Crippen LogP contribution is 2.31. The van der Waals surface area contributed by atoms with Crippen molar-refractivity contribution in [2.75, 3.05) is 19.7 Å². The third-order valence-electron chi connectivity index (χ3n) is 3.31. The van der Waals surface area contributed by atoms with Crippen LogP contribution in [0.15, 0.2) is 5.38 Å². The lowest BCUT2D eigenvalue weighted by Gasteiger charge is -2.22. The summed E-state index contributed by atoms with van der Waals surface area (Å²) in [5.41, 5.74) is 1.58. The molecule has 0 spiro atoms. The van der Waals surface area contributed by atoms with Gasteiger partial charge in [0.1, 0.15) is 0 Å². The second-order valence-electron chi connectivity index (χ2n) is 4.62. The zero-order chi connectivity index (χ0) is 13.8. The molecule has 1 aromatic rings. The molecule has 19 heavy (non-hydrogen) atoms. The first kappa shape index (κ1) is 14.4. The lowest BCUT2D eigenvalue weighted by molar-refractivity contribution is 0.0508. The van der Waals surface area contributed by atoms with Gasteiger partial charge in [0.25, 0.3) is 12.3 Å². The van der Waals surface area contributed by atoms with Gasteiger partial charge in [0, 0.05) is 16.8 Å². The Hall–Kier alpha value is -1.01. The minimum Gasteiger partial charge on any atom is -0.395 e. The molecular formula is C13H17F2NO2S. The van der Waals surface area contributed by atoms with Crippen molar-refractivity contribution in [3.63, 3.8) is 0 Å². The Morgan fingerprint density at radius 2 is 2.16 bits per heavy atom. The fourth-order valence-corrected chi connectivity index (χ4v) is 3.53. The Morgan fingerprint density at radius 1 is 1.42 bits per heavy atom. The highest BCUT2D eigenvalue weighted by atomic mass is 32.1. The molecule has 0 radical (unpaired) electrons. The summed E-state index contributed by atoms with van der Waals surface area (Å²) in [7, 11) is 0. The van der Waals surface area contributed by atoms with E-state index in [1.165, 1.54) is 16.2 Å². The number of alkyl halides is 2. The lowest BCUT2D eigenvalue weighted by atomic mass is 9.95. The summed E-state index contributed by atoms with van der Waals surface area (Å²) in [5, 5.41) is 10.7. The summed E-state index contributed by atoms with van der Waals surface area (Å²) < 4.78 is 25.0. The molecule has 1 aromatic heterocycles. The van der Waals surface area contributed by atoms with Gasteiger partial charge in [-0.15, -0.1) is 11.3 Å². The van der Waals surface area contributed by atoms with Crippen LogP contribution < -0.4 is 0 Å². The number of amides is 1. The highest BCUT2D eigenvalue weighted by molar-refractivity contribution is 7.10. The number of halogens is 2. The van der Waals surface area contributed by atoms with Crippen molar-refractivity contribution in [2.45, 2.75) is 32.1 Å². The van der Waals surface area contributed by atoms with Crippen LogP contribution in [0.25, 0.3) is 0 Å². The molecule has 1 aliphatic rings. The molecule has 2 rings (SSSR count). The summed E-state index contributed by atoms with van der Waals surface area (Å²) in [6.07, 6.45) is 1.41. The van der Waals surface area contributed by atoms with Gasteiger partial charge in [0.05, 0.1) is 18.7 Å². The van der Waals surface area contributed by atoms with E-state index in [4.69, 9.17) is 5.11 Å². The molecule has 1 N–H and O–H groups in total. The fourth-order valence-electron chi connectivity index (χ4n) is 2.41. The van der Waals surface area contributed by atoms with E-state index in [0.717, 1.165) is 36.1 Å². The third-order valence-corrected chi connectivity index (χ3v) is 4.40. The third kappa shape index (κ3) is 3.30. The number of hydrogen-bond acceptors (Lipinski definition) is 3. The minimum absolute atomic E-state index is 0.0478. The molecule has 106 valence electrons. The number of thiophene rings is 1.